The predicted molar refractivity (Wildman–Crippen MR) is 98.2 cm³/mol. The molecule has 2 aromatic rings. The molecule has 2 rings (SSSR count). The summed E-state index contributed by atoms with van der Waals surface area (Å²) >= 11 is 12.0. The smallest absolute Gasteiger partial charge is 0.269 e. The maximum atomic E-state index is 12.0. The molecule has 1 N–H and O–H groups in total. The fourth-order valence-corrected chi connectivity index (χ4v) is 2.66. The van der Waals surface area contributed by atoms with Crippen LogP contribution < -0.4 is 5.43 Å². The topological polar surface area (TPSA) is 84.6 Å². The molecule has 0 saturated heterocycles. The molecule has 0 aromatic heterocycles. The lowest BCUT2D eigenvalue weighted by Crippen LogP contribution is -2.22. The van der Waals surface area contributed by atoms with Crippen molar-refractivity contribution in [1.82, 2.24) is 5.43 Å². The molecule has 0 aliphatic rings. The lowest BCUT2D eigenvalue weighted by atomic mass is 10.1. The van der Waals surface area contributed by atoms with Crippen LogP contribution in [0.2, 0.25) is 10.0 Å². The SMILES string of the molecule is CC/C(=N\NC(=O)Cc1ccc([N+](=O)[O-])cc1)c1ccc(Cl)cc1Cl. The molecule has 0 saturated carbocycles. The number of non-ortho nitro benzene ring substituents is 1. The van der Waals surface area contributed by atoms with Crippen LogP contribution in [0.25, 0.3) is 0 Å². The molecule has 0 aliphatic heterocycles. The van der Waals surface area contributed by atoms with Crippen molar-refractivity contribution in [3.05, 3.63) is 73.8 Å². The summed E-state index contributed by atoms with van der Waals surface area (Å²) in [5.41, 5.74) is 4.44. The van der Waals surface area contributed by atoms with Crippen molar-refractivity contribution in [2.24, 2.45) is 5.10 Å². The highest BCUT2D eigenvalue weighted by Gasteiger charge is 2.10. The van der Waals surface area contributed by atoms with E-state index in [2.05, 4.69) is 10.5 Å². The molecule has 0 radical (unpaired) electrons. The predicted octanol–water partition coefficient (Wildman–Crippen LogP) is 4.37. The molecule has 2 aromatic carbocycles. The Labute approximate surface area is 154 Å². The van der Waals surface area contributed by atoms with Crippen LogP contribution >= 0.6 is 23.2 Å². The second-order valence-electron chi connectivity index (χ2n) is 5.17. The molecule has 6 nitrogen and oxygen atoms in total. The first-order valence-electron chi connectivity index (χ1n) is 7.45. The van der Waals surface area contributed by atoms with E-state index >= 15 is 0 Å². The molecule has 0 aliphatic carbocycles. The summed E-state index contributed by atoms with van der Waals surface area (Å²) in [4.78, 5) is 22.1. The molecule has 0 spiro atoms. The van der Waals surface area contributed by atoms with Crippen molar-refractivity contribution in [2.75, 3.05) is 0 Å². The number of nitrogens with one attached hydrogen (secondary N) is 1. The maximum Gasteiger partial charge on any atom is 0.269 e. The van der Waals surface area contributed by atoms with Gasteiger partial charge in [0.15, 0.2) is 0 Å². The van der Waals surface area contributed by atoms with E-state index in [1.807, 2.05) is 6.92 Å². The van der Waals surface area contributed by atoms with Crippen molar-refractivity contribution in [3.8, 4) is 0 Å². The third kappa shape index (κ3) is 5.27. The number of carbonyl (C=O) groups excluding carboxylic acids is 1. The summed E-state index contributed by atoms with van der Waals surface area (Å²) in [5, 5.41) is 15.7. The summed E-state index contributed by atoms with van der Waals surface area (Å²) in [6.07, 6.45) is 0.631. The number of hydrazone groups is 1. The van der Waals surface area contributed by atoms with Gasteiger partial charge in [-0.1, -0.05) is 48.3 Å². The Morgan fingerprint density at radius 3 is 2.44 bits per heavy atom. The Morgan fingerprint density at radius 1 is 1.20 bits per heavy atom. The van der Waals surface area contributed by atoms with Gasteiger partial charge in [0, 0.05) is 22.7 Å². The number of amides is 1. The van der Waals surface area contributed by atoms with Gasteiger partial charge in [-0.15, -0.1) is 0 Å². The van der Waals surface area contributed by atoms with Gasteiger partial charge in [0.25, 0.3) is 5.69 Å². The number of halogens is 2. The van der Waals surface area contributed by atoms with Crippen molar-refractivity contribution < 1.29 is 9.72 Å². The van der Waals surface area contributed by atoms with Gasteiger partial charge in [0.1, 0.15) is 0 Å². The molecule has 0 unspecified atom stereocenters. The zero-order chi connectivity index (χ0) is 18.4. The molecule has 0 atom stereocenters. The van der Waals surface area contributed by atoms with E-state index in [1.54, 1.807) is 18.2 Å². The normalized spacial score (nSPS) is 11.2. The highest BCUT2D eigenvalue weighted by atomic mass is 35.5. The highest BCUT2D eigenvalue weighted by Crippen LogP contribution is 2.22. The van der Waals surface area contributed by atoms with Crippen molar-refractivity contribution >= 4 is 40.5 Å². The molecule has 0 fully saturated rings. The Morgan fingerprint density at radius 2 is 1.88 bits per heavy atom. The summed E-state index contributed by atoms with van der Waals surface area (Å²) in [6.45, 7) is 1.90. The summed E-state index contributed by atoms with van der Waals surface area (Å²) < 4.78 is 0. The van der Waals surface area contributed by atoms with Gasteiger partial charge in [-0.2, -0.15) is 5.10 Å². The third-order valence-corrected chi connectivity index (χ3v) is 3.95. The monoisotopic (exact) mass is 379 g/mol. The second kappa shape index (κ2) is 8.60. The highest BCUT2D eigenvalue weighted by molar-refractivity contribution is 6.37. The van der Waals surface area contributed by atoms with Gasteiger partial charge in [-0.25, -0.2) is 5.43 Å². The minimum Gasteiger partial charge on any atom is -0.273 e. The fraction of sp³-hybridized carbons (Fsp3) is 0.176. The molecule has 25 heavy (non-hydrogen) atoms. The van der Waals surface area contributed by atoms with E-state index in [0.717, 1.165) is 0 Å². The van der Waals surface area contributed by atoms with Crippen molar-refractivity contribution in [1.29, 1.82) is 0 Å². The molecule has 1 amide bonds. The number of nitrogens with zero attached hydrogens (tertiary/aromatic N) is 2. The zero-order valence-electron chi connectivity index (χ0n) is 13.3. The Balaban J connectivity index is 2.05. The number of hydrogen-bond acceptors (Lipinski definition) is 4. The number of carbonyl (C=O) groups is 1. The average Bonchev–Trinajstić information content (AvgIpc) is 2.57. The van der Waals surface area contributed by atoms with E-state index in [4.69, 9.17) is 23.2 Å². The Kier molecular flexibility index (Phi) is 6.50. The van der Waals surface area contributed by atoms with Crippen LogP contribution in [0.4, 0.5) is 5.69 Å². The first-order chi connectivity index (χ1) is 11.9. The van der Waals surface area contributed by atoms with Gasteiger partial charge >= 0.3 is 0 Å². The van der Waals surface area contributed by atoms with Crippen LogP contribution in [0.3, 0.4) is 0 Å². The first kappa shape index (κ1) is 18.9. The molecule has 8 heteroatoms. The van der Waals surface area contributed by atoms with Crippen LogP contribution in [0, 0.1) is 10.1 Å². The fourth-order valence-electron chi connectivity index (χ4n) is 2.14. The van der Waals surface area contributed by atoms with Crippen LogP contribution in [-0.2, 0) is 11.2 Å². The quantitative estimate of drug-likeness (QED) is 0.459. The number of nitro groups is 1. The van der Waals surface area contributed by atoms with Crippen LogP contribution in [0.5, 0.6) is 0 Å². The van der Waals surface area contributed by atoms with Gasteiger partial charge in [0.05, 0.1) is 22.1 Å². The van der Waals surface area contributed by atoms with E-state index < -0.39 is 4.92 Å². The largest absolute Gasteiger partial charge is 0.273 e. The Bertz CT molecular complexity index is 820. The molecular formula is C17H15Cl2N3O3. The van der Waals surface area contributed by atoms with E-state index in [0.29, 0.717) is 33.3 Å². The molecular weight excluding hydrogens is 365 g/mol. The number of nitro benzene ring substituents is 1. The lowest BCUT2D eigenvalue weighted by molar-refractivity contribution is -0.384. The molecule has 0 bridgehead atoms. The lowest BCUT2D eigenvalue weighted by Gasteiger charge is -2.08. The summed E-state index contributed by atoms with van der Waals surface area (Å²) in [5.74, 6) is -0.329. The van der Waals surface area contributed by atoms with E-state index in [9.17, 15) is 14.9 Å². The van der Waals surface area contributed by atoms with E-state index in [1.165, 1.54) is 24.3 Å². The summed E-state index contributed by atoms with van der Waals surface area (Å²) in [7, 11) is 0. The second-order valence-corrected chi connectivity index (χ2v) is 6.02. The number of rotatable bonds is 6. The van der Waals surface area contributed by atoms with Gasteiger partial charge < -0.3 is 0 Å². The van der Waals surface area contributed by atoms with Crippen LogP contribution in [0.1, 0.15) is 24.5 Å². The third-order valence-electron chi connectivity index (χ3n) is 3.40. The van der Waals surface area contributed by atoms with Crippen LogP contribution in [-0.4, -0.2) is 16.5 Å². The van der Waals surface area contributed by atoms with Gasteiger partial charge in [0.2, 0.25) is 5.91 Å². The van der Waals surface area contributed by atoms with Gasteiger partial charge in [-0.3, -0.25) is 14.9 Å². The van der Waals surface area contributed by atoms with E-state index in [-0.39, 0.29) is 18.0 Å². The minimum atomic E-state index is -0.489. The maximum absolute atomic E-state index is 12.0. The van der Waals surface area contributed by atoms with Crippen LogP contribution in [0.15, 0.2) is 47.6 Å². The zero-order valence-corrected chi connectivity index (χ0v) is 14.8. The van der Waals surface area contributed by atoms with Crippen molar-refractivity contribution in [2.45, 2.75) is 19.8 Å². The van der Waals surface area contributed by atoms with Gasteiger partial charge in [-0.05, 0) is 24.1 Å². The first-order valence-corrected chi connectivity index (χ1v) is 8.20. The molecule has 0 heterocycles. The average molecular weight is 380 g/mol. The standard InChI is InChI=1S/C17H15Cl2N3O3/c1-2-16(14-8-5-12(18)10-15(14)19)20-21-17(23)9-11-3-6-13(7-4-11)22(24)25/h3-8,10H,2,9H2,1H3,(H,21,23)/b20-16+. The van der Waals surface area contributed by atoms with Crippen molar-refractivity contribution in [3.63, 3.8) is 0 Å². The minimum absolute atomic E-state index is 0.0205. The Hall–Kier alpha value is -2.44. The summed E-state index contributed by atoms with van der Waals surface area (Å²) in [6, 6.07) is 10.9. The molecule has 130 valence electrons. The number of hydrogen-bond donors (Lipinski definition) is 1. The number of benzene rings is 2.